The molecule has 6 nitrogen and oxygen atoms in total. The van der Waals surface area contributed by atoms with Crippen LogP contribution in [0.5, 0.6) is 5.75 Å². The van der Waals surface area contributed by atoms with Crippen LogP contribution >= 0.6 is 0 Å². The highest BCUT2D eigenvalue weighted by Crippen LogP contribution is 2.24. The van der Waals surface area contributed by atoms with Gasteiger partial charge in [0.2, 0.25) is 15.9 Å². The lowest BCUT2D eigenvalue weighted by molar-refractivity contribution is -0.126. The molecule has 1 N–H and O–H groups in total. The second kappa shape index (κ2) is 11.4. The van der Waals surface area contributed by atoms with Crippen LogP contribution in [0.3, 0.4) is 0 Å². The molecule has 0 aliphatic carbocycles. The Bertz CT molecular complexity index is 987. The molecule has 0 bridgehead atoms. The van der Waals surface area contributed by atoms with Gasteiger partial charge in [0, 0.05) is 25.6 Å². The molecular weight excluding hydrogens is 431 g/mol. The van der Waals surface area contributed by atoms with Crippen LogP contribution < -0.4 is 10.1 Å². The fourth-order valence-electron chi connectivity index (χ4n) is 3.81. The van der Waals surface area contributed by atoms with E-state index in [2.05, 4.69) is 12.2 Å². The van der Waals surface area contributed by atoms with E-state index in [9.17, 15) is 17.6 Å². The first-order valence-corrected chi connectivity index (χ1v) is 12.6. The quantitative estimate of drug-likeness (QED) is 0.546. The van der Waals surface area contributed by atoms with E-state index < -0.39 is 15.8 Å². The van der Waals surface area contributed by atoms with Crippen molar-refractivity contribution in [3.05, 3.63) is 59.9 Å². The fraction of sp³-hybridized carbons (Fsp3) is 0.458. The van der Waals surface area contributed by atoms with Crippen molar-refractivity contribution < 1.29 is 22.3 Å². The van der Waals surface area contributed by atoms with Crippen LogP contribution in [-0.2, 0) is 21.2 Å². The number of piperidine rings is 1. The molecule has 1 aliphatic heterocycles. The molecule has 32 heavy (non-hydrogen) atoms. The second-order valence-electron chi connectivity index (χ2n) is 7.98. The Kier molecular flexibility index (Phi) is 8.64. The zero-order valence-electron chi connectivity index (χ0n) is 18.4. The topological polar surface area (TPSA) is 75.7 Å². The van der Waals surface area contributed by atoms with Crippen LogP contribution in [0.2, 0.25) is 0 Å². The molecule has 1 amide bonds. The maximum atomic E-state index is 13.1. The highest BCUT2D eigenvalue weighted by molar-refractivity contribution is 7.89. The third kappa shape index (κ3) is 6.29. The zero-order valence-corrected chi connectivity index (χ0v) is 19.2. The summed E-state index contributed by atoms with van der Waals surface area (Å²) in [6, 6.07) is 12.8. The van der Waals surface area contributed by atoms with E-state index in [1.807, 2.05) is 24.3 Å². The van der Waals surface area contributed by atoms with Crippen LogP contribution in [0.1, 0.15) is 38.2 Å². The number of benzene rings is 2. The number of hydrogen-bond donors (Lipinski definition) is 1. The molecule has 0 unspecified atom stereocenters. The van der Waals surface area contributed by atoms with Crippen molar-refractivity contribution >= 4 is 15.9 Å². The monoisotopic (exact) mass is 462 g/mol. The van der Waals surface area contributed by atoms with Crippen LogP contribution in [-0.4, -0.2) is 44.9 Å². The van der Waals surface area contributed by atoms with Gasteiger partial charge < -0.3 is 10.1 Å². The lowest BCUT2D eigenvalue weighted by Crippen LogP contribution is -2.43. The van der Waals surface area contributed by atoms with Gasteiger partial charge >= 0.3 is 0 Å². The third-order valence-electron chi connectivity index (χ3n) is 5.63. The highest BCUT2D eigenvalue weighted by atomic mass is 32.2. The second-order valence-corrected chi connectivity index (χ2v) is 9.92. The summed E-state index contributed by atoms with van der Waals surface area (Å²) in [7, 11) is -3.67. The summed E-state index contributed by atoms with van der Waals surface area (Å²) in [6.45, 7) is 3.87. The Hall–Kier alpha value is -2.45. The summed E-state index contributed by atoms with van der Waals surface area (Å²) in [5.41, 5.74) is 1.13. The maximum Gasteiger partial charge on any atom is 0.243 e. The molecule has 1 heterocycles. The molecule has 2 aromatic rings. The number of nitrogens with zero attached hydrogens (tertiary/aromatic N) is 1. The first-order valence-electron chi connectivity index (χ1n) is 11.2. The smallest absolute Gasteiger partial charge is 0.243 e. The lowest BCUT2D eigenvalue weighted by Gasteiger charge is -2.30. The molecule has 8 heteroatoms. The van der Waals surface area contributed by atoms with Gasteiger partial charge in [-0.3, -0.25) is 4.79 Å². The summed E-state index contributed by atoms with van der Waals surface area (Å²) < 4.78 is 45.7. The van der Waals surface area contributed by atoms with Gasteiger partial charge in [-0.25, -0.2) is 12.8 Å². The van der Waals surface area contributed by atoms with Crippen molar-refractivity contribution in [2.45, 2.75) is 43.9 Å². The normalized spacial score (nSPS) is 15.4. The van der Waals surface area contributed by atoms with Crippen molar-refractivity contribution in [3.8, 4) is 5.75 Å². The van der Waals surface area contributed by atoms with Gasteiger partial charge in [-0.05, 0) is 68.0 Å². The summed E-state index contributed by atoms with van der Waals surface area (Å²) in [5, 5.41) is 2.99. The molecular formula is C24H31FN2O4S. The summed E-state index contributed by atoms with van der Waals surface area (Å²) in [6.07, 6.45) is 3.51. The first kappa shape index (κ1) is 24.2. The van der Waals surface area contributed by atoms with Crippen LogP contribution in [0.4, 0.5) is 4.39 Å². The van der Waals surface area contributed by atoms with E-state index in [-0.39, 0.29) is 29.8 Å². The number of aryl methyl sites for hydroxylation is 1. The summed E-state index contributed by atoms with van der Waals surface area (Å²) in [4.78, 5) is 12.6. The minimum Gasteiger partial charge on any atom is -0.493 e. The molecule has 0 atom stereocenters. The molecule has 1 fully saturated rings. The molecule has 0 spiro atoms. The van der Waals surface area contributed by atoms with Gasteiger partial charge in [-0.1, -0.05) is 25.1 Å². The minimum atomic E-state index is -3.67. The highest BCUT2D eigenvalue weighted by Gasteiger charge is 2.31. The Balaban J connectivity index is 1.43. The number of carbonyl (C=O) groups excluding carboxylic acids is 1. The van der Waals surface area contributed by atoms with Gasteiger partial charge in [-0.2, -0.15) is 4.31 Å². The van der Waals surface area contributed by atoms with E-state index in [1.54, 1.807) is 0 Å². The Morgan fingerprint density at radius 2 is 1.81 bits per heavy atom. The van der Waals surface area contributed by atoms with E-state index in [4.69, 9.17) is 4.74 Å². The zero-order chi connectivity index (χ0) is 23.0. The molecule has 1 saturated heterocycles. The van der Waals surface area contributed by atoms with E-state index in [1.165, 1.54) is 16.4 Å². The summed E-state index contributed by atoms with van der Waals surface area (Å²) in [5.74, 6) is 0.195. The molecule has 0 radical (unpaired) electrons. The molecule has 174 valence electrons. The average Bonchev–Trinajstić information content (AvgIpc) is 2.81. The van der Waals surface area contributed by atoms with Gasteiger partial charge in [0.15, 0.2) is 0 Å². The number of hydrogen-bond acceptors (Lipinski definition) is 4. The van der Waals surface area contributed by atoms with E-state index >= 15 is 0 Å². The van der Waals surface area contributed by atoms with Crippen LogP contribution in [0, 0.1) is 11.7 Å². The number of rotatable bonds is 10. The molecule has 2 aromatic carbocycles. The first-order chi connectivity index (χ1) is 15.4. The SMILES string of the molecule is CCCOc1ccccc1CCCNC(=O)C1CCN(S(=O)(=O)c2ccc(F)cc2)CC1. The largest absolute Gasteiger partial charge is 0.493 e. The number of ether oxygens (including phenoxy) is 1. The van der Waals surface area contributed by atoms with E-state index in [0.717, 1.165) is 42.7 Å². The summed E-state index contributed by atoms with van der Waals surface area (Å²) >= 11 is 0. The number of para-hydroxylation sites is 1. The maximum absolute atomic E-state index is 13.1. The van der Waals surface area contributed by atoms with Gasteiger partial charge in [0.25, 0.3) is 0 Å². The molecule has 0 saturated carbocycles. The lowest BCUT2D eigenvalue weighted by atomic mass is 9.97. The Labute approximate surface area is 189 Å². The molecule has 1 aliphatic rings. The Morgan fingerprint density at radius 3 is 2.50 bits per heavy atom. The van der Waals surface area contributed by atoms with Crippen LogP contribution in [0.25, 0.3) is 0 Å². The molecule has 0 aromatic heterocycles. The van der Waals surface area contributed by atoms with Crippen molar-refractivity contribution in [1.29, 1.82) is 0 Å². The van der Waals surface area contributed by atoms with Crippen molar-refractivity contribution in [2.75, 3.05) is 26.2 Å². The third-order valence-corrected chi connectivity index (χ3v) is 7.55. The number of nitrogens with one attached hydrogen (secondary N) is 1. The van der Waals surface area contributed by atoms with Crippen molar-refractivity contribution in [2.24, 2.45) is 5.92 Å². The average molecular weight is 463 g/mol. The van der Waals surface area contributed by atoms with Gasteiger partial charge in [0.05, 0.1) is 11.5 Å². The molecule has 3 rings (SSSR count). The van der Waals surface area contributed by atoms with Gasteiger partial charge in [-0.15, -0.1) is 0 Å². The van der Waals surface area contributed by atoms with Crippen molar-refractivity contribution in [1.82, 2.24) is 9.62 Å². The number of carbonyl (C=O) groups is 1. The predicted molar refractivity (Wildman–Crippen MR) is 121 cm³/mol. The predicted octanol–water partition coefficient (Wildman–Crippen LogP) is 3.76. The van der Waals surface area contributed by atoms with Gasteiger partial charge in [0.1, 0.15) is 11.6 Å². The fourth-order valence-corrected chi connectivity index (χ4v) is 5.28. The standard InChI is InChI=1S/C24H31FN2O4S/c1-2-18-31-23-8-4-3-6-19(23)7-5-15-26-24(28)20-13-16-27(17-14-20)32(29,30)22-11-9-21(25)10-12-22/h3-4,6,8-12,20H,2,5,7,13-18H2,1H3,(H,26,28). The number of halogens is 1. The Morgan fingerprint density at radius 1 is 1.12 bits per heavy atom. The number of amides is 1. The van der Waals surface area contributed by atoms with Crippen LogP contribution in [0.15, 0.2) is 53.4 Å². The minimum absolute atomic E-state index is 0.0284. The van der Waals surface area contributed by atoms with Crippen molar-refractivity contribution in [3.63, 3.8) is 0 Å². The van der Waals surface area contributed by atoms with E-state index in [0.29, 0.717) is 26.0 Å². The number of sulfonamides is 1.